The minimum absolute atomic E-state index is 0.0202. The Kier molecular flexibility index (Phi) is 3.82. The Morgan fingerprint density at radius 1 is 1.38 bits per heavy atom. The summed E-state index contributed by atoms with van der Waals surface area (Å²) < 4.78 is 16.3. The second-order valence-corrected chi connectivity index (χ2v) is 4.59. The molecule has 0 amide bonds. The highest BCUT2D eigenvalue weighted by Gasteiger charge is 2.41. The molecule has 2 rings (SSSR count). The lowest BCUT2D eigenvalue weighted by molar-refractivity contribution is -0.172. The van der Waals surface area contributed by atoms with Crippen molar-refractivity contribution in [2.24, 2.45) is 5.92 Å². The topological polar surface area (TPSA) is 44.8 Å². The first-order valence-electron chi connectivity index (χ1n) is 6.14. The summed E-state index contributed by atoms with van der Waals surface area (Å²) in [5.74, 6) is -0.0385. The van der Waals surface area contributed by atoms with Crippen molar-refractivity contribution in [3.63, 3.8) is 0 Å². The molecule has 1 unspecified atom stereocenters. The monoisotopic (exact) mass is 228 g/mol. The predicted molar refractivity (Wildman–Crippen MR) is 58.1 cm³/mol. The quantitative estimate of drug-likeness (QED) is 0.672. The summed E-state index contributed by atoms with van der Waals surface area (Å²) in [6, 6.07) is 0. The molecule has 4 nitrogen and oxygen atoms in total. The molecule has 16 heavy (non-hydrogen) atoms. The number of hydrogen-bond acceptors (Lipinski definition) is 4. The molecule has 2 aliphatic rings. The van der Waals surface area contributed by atoms with Gasteiger partial charge in [0.2, 0.25) is 0 Å². The van der Waals surface area contributed by atoms with Crippen LogP contribution in [-0.2, 0) is 19.0 Å². The lowest BCUT2D eigenvalue weighted by Crippen LogP contribution is -2.46. The number of hydrogen-bond donors (Lipinski definition) is 0. The van der Waals surface area contributed by atoms with Crippen LogP contribution in [-0.4, -0.2) is 38.0 Å². The zero-order chi connectivity index (χ0) is 11.4. The minimum Gasteiger partial charge on any atom is -0.466 e. The van der Waals surface area contributed by atoms with E-state index in [4.69, 9.17) is 14.2 Å². The molecule has 0 aromatic rings. The summed E-state index contributed by atoms with van der Waals surface area (Å²) >= 11 is 0. The van der Waals surface area contributed by atoms with Crippen molar-refractivity contribution in [1.82, 2.24) is 0 Å². The summed E-state index contributed by atoms with van der Waals surface area (Å²) in [6.07, 6.45) is 3.41. The molecular formula is C12H20O4. The second kappa shape index (κ2) is 5.15. The van der Waals surface area contributed by atoms with Gasteiger partial charge in [-0.05, 0) is 32.6 Å². The lowest BCUT2D eigenvalue weighted by Gasteiger charge is -2.42. The van der Waals surface area contributed by atoms with Gasteiger partial charge < -0.3 is 14.2 Å². The molecule has 0 N–H and O–H groups in total. The number of ether oxygens (including phenoxy) is 3. The Hall–Kier alpha value is -0.610. The van der Waals surface area contributed by atoms with Crippen molar-refractivity contribution >= 4 is 5.97 Å². The van der Waals surface area contributed by atoms with E-state index in [0.29, 0.717) is 13.2 Å². The van der Waals surface area contributed by atoms with E-state index in [1.807, 2.05) is 6.92 Å². The molecule has 0 saturated carbocycles. The van der Waals surface area contributed by atoms with E-state index in [1.54, 1.807) is 0 Å². The Balaban J connectivity index is 1.94. The number of rotatable bonds is 2. The summed E-state index contributed by atoms with van der Waals surface area (Å²) in [7, 11) is 0. The molecule has 1 spiro atoms. The molecule has 0 aromatic carbocycles. The normalized spacial score (nSPS) is 28.9. The lowest BCUT2D eigenvalue weighted by atomic mass is 9.81. The summed E-state index contributed by atoms with van der Waals surface area (Å²) in [4.78, 5) is 11.7. The molecule has 0 aliphatic carbocycles. The van der Waals surface area contributed by atoms with Gasteiger partial charge in [0.15, 0.2) is 0 Å². The highest BCUT2D eigenvalue weighted by Crippen LogP contribution is 2.37. The van der Waals surface area contributed by atoms with Crippen LogP contribution in [0.3, 0.4) is 0 Å². The fourth-order valence-electron chi connectivity index (χ4n) is 2.58. The number of carbonyl (C=O) groups is 1. The van der Waals surface area contributed by atoms with Crippen LogP contribution in [0.5, 0.6) is 0 Å². The van der Waals surface area contributed by atoms with Gasteiger partial charge in [-0.25, -0.2) is 0 Å². The number of carbonyl (C=O) groups excluding carboxylic acids is 1. The maximum absolute atomic E-state index is 11.7. The molecular weight excluding hydrogens is 208 g/mol. The molecule has 0 bridgehead atoms. The summed E-state index contributed by atoms with van der Waals surface area (Å²) in [6.45, 7) is 4.47. The first-order chi connectivity index (χ1) is 7.76. The van der Waals surface area contributed by atoms with Crippen LogP contribution in [0.25, 0.3) is 0 Å². The van der Waals surface area contributed by atoms with Crippen LogP contribution in [0.15, 0.2) is 0 Å². The average molecular weight is 228 g/mol. The fourth-order valence-corrected chi connectivity index (χ4v) is 2.58. The van der Waals surface area contributed by atoms with Crippen molar-refractivity contribution in [2.75, 3.05) is 26.4 Å². The van der Waals surface area contributed by atoms with Crippen LogP contribution in [0, 0.1) is 5.92 Å². The minimum atomic E-state index is -0.117. The summed E-state index contributed by atoms with van der Waals surface area (Å²) in [5.41, 5.74) is -0.117. The Bertz CT molecular complexity index is 240. The molecule has 2 heterocycles. The van der Waals surface area contributed by atoms with Crippen LogP contribution >= 0.6 is 0 Å². The van der Waals surface area contributed by atoms with Crippen LogP contribution in [0.4, 0.5) is 0 Å². The molecule has 92 valence electrons. The van der Waals surface area contributed by atoms with Crippen LogP contribution in [0.1, 0.15) is 32.6 Å². The second-order valence-electron chi connectivity index (χ2n) is 4.59. The van der Waals surface area contributed by atoms with E-state index in [-0.39, 0.29) is 17.5 Å². The number of esters is 1. The smallest absolute Gasteiger partial charge is 0.309 e. The molecule has 0 aromatic heterocycles. The van der Waals surface area contributed by atoms with Gasteiger partial charge in [-0.2, -0.15) is 0 Å². The standard InChI is InChI=1S/C12H20O4/c1-2-15-11(13)10-3-6-16-12(9-10)4-7-14-8-5-12/h10H,2-9H2,1H3. The molecule has 2 aliphatic heterocycles. The highest BCUT2D eigenvalue weighted by molar-refractivity contribution is 5.72. The van der Waals surface area contributed by atoms with E-state index in [0.717, 1.165) is 38.9 Å². The van der Waals surface area contributed by atoms with Gasteiger partial charge >= 0.3 is 5.97 Å². The van der Waals surface area contributed by atoms with Crippen molar-refractivity contribution in [1.29, 1.82) is 0 Å². The third-order valence-electron chi connectivity index (χ3n) is 3.52. The van der Waals surface area contributed by atoms with Gasteiger partial charge in [-0.1, -0.05) is 0 Å². The van der Waals surface area contributed by atoms with Crippen LogP contribution in [0.2, 0.25) is 0 Å². The maximum atomic E-state index is 11.7. The Labute approximate surface area is 96.2 Å². The van der Waals surface area contributed by atoms with Crippen molar-refractivity contribution < 1.29 is 19.0 Å². The van der Waals surface area contributed by atoms with Gasteiger partial charge in [0.05, 0.1) is 18.1 Å². The predicted octanol–water partition coefficient (Wildman–Crippen LogP) is 1.53. The van der Waals surface area contributed by atoms with E-state index in [2.05, 4.69) is 0 Å². The maximum Gasteiger partial charge on any atom is 0.309 e. The highest BCUT2D eigenvalue weighted by atomic mass is 16.5. The molecule has 4 heteroatoms. The van der Waals surface area contributed by atoms with E-state index < -0.39 is 0 Å². The first-order valence-corrected chi connectivity index (χ1v) is 6.14. The van der Waals surface area contributed by atoms with Gasteiger partial charge in [0.25, 0.3) is 0 Å². The third kappa shape index (κ3) is 2.55. The van der Waals surface area contributed by atoms with Crippen molar-refractivity contribution in [3.05, 3.63) is 0 Å². The molecule has 2 saturated heterocycles. The van der Waals surface area contributed by atoms with Crippen LogP contribution < -0.4 is 0 Å². The first kappa shape index (κ1) is 11.9. The molecule has 2 fully saturated rings. The fraction of sp³-hybridized carbons (Fsp3) is 0.917. The van der Waals surface area contributed by atoms with Gasteiger partial charge in [0.1, 0.15) is 0 Å². The Morgan fingerprint density at radius 2 is 2.12 bits per heavy atom. The van der Waals surface area contributed by atoms with Gasteiger partial charge in [-0.15, -0.1) is 0 Å². The van der Waals surface area contributed by atoms with E-state index in [9.17, 15) is 4.79 Å². The zero-order valence-corrected chi connectivity index (χ0v) is 9.87. The zero-order valence-electron chi connectivity index (χ0n) is 9.87. The SMILES string of the molecule is CCOC(=O)C1CCOC2(CCOCC2)C1. The van der Waals surface area contributed by atoms with E-state index >= 15 is 0 Å². The molecule has 1 atom stereocenters. The molecule has 0 radical (unpaired) electrons. The third-order valence-corrected chi connectivity index (χ3v) is 3.52. The van der Waals surface area contributed by atoms with Crippen molar-refractivity contribution in [3.8, 4) is 0 Å². The Morgan fingerprint density at radius 3 is 2.81 bits per heavy atom. The van der Waals surface area contributed by atoms with Gasteiger partial charge in [0, 0.05) is 19.8 Å². The van der Waals surface area contributed by atoms with Gasteiger partial charge in [-0.3, -0.25) is 4.79 Å². The van der Waals surface area contributed by atoms with Crippen molar-refractivity contribution in [2.45, 2.75) is 38.2 Å². The summed E-state index contributed by atoms with van der Waals surface area (Å²) in [5, 5.41) is 0. The average Bonchev–Trinajstić information content (AvgIpc) is 2.30. The van der Waals surface area contributed by atoms with E-state index in [1.165, 1.54) is 0 Å². The largest absolute Gasteiger partial charge is 0.466 e.